The van der Waals surface area contributed by atoms with E-state index in [9.17, 15) is 4.79 Å². The summed E-state index contributed by atoms with van der Waals surface area (Å²) in [5, 5.41) is 6.37. The van der Waals surface area contributed by atoms with Crippen molar-refractivity contribution in [3.63, 3.8) is 0 Å². The lowest BCUT2D eigenvalue weighted by molar-refractivity contribution is 0.203. The summed E-state index contributed by atoms with van der Waals surface area (Å²) >= 11 is 0. The van der Waals surface area contributed by atoms with E-state index >= 15 is 0 Å². The first kappa shape index (κ1) is 9.57. The number of nitrogens with one attached hydrogen (secondary N) is 1. The molecule has 1 aromatic heterocycles. The van der Waals surface area contributed by atoms with Crippen LogP contribution in [0.3, 0.4) is 0 Å². The molecule has 5 heteroatoms. The molecule has 0 saturated carbocycles. The van der Waals surface area contributed by atoms with Crippen molar-refractivity contribution in [2.75, 3.05) is 7.05 Å². The van der Waals surface area contributed by atoms with Crippen molar-refractivity contribution < 1.29 is 9.53 Å². The monoisotopic (exact) mass is 183 g/mol. The molecule has 1 amide bonds. The minimum atomic E-state index is -0.483. The second-order valence-electron chi connectivity index (χ2n) is 2.89. The fourth-order valence-electron chi connectivity index (χ4n) is 0.814. The maximum atomic E-state index is 10.8. The number of carbonyl (C=O) groups excluding carboxylic acids is 1. The molecule has 0 saturated heterocycles. The number of hydrogen-bond donors (Lipinski definition) is 1. The summed E-state index contributed by atoms with van der Waals surface area (Å²) in [4.78, 5) is 10.8. The maximum Gasteiger partial charge on any atom is 0.412 e. The molecule has 0 spiro atoms. The molecule has 0 unspecified atom stereocenters. The van der Waals surface area contributed by atoms with E-state index in [0.717, 1.165) is 0 Å². The van der Waals surface area contributed by atoms with E-state index < -0.39 is 6.09 Å². The Morgan fingerprint density at radius 1 is 1.69 bits per heavy atom. The summed E-state index contributed by atoms with van der Waals surface area (Å²) in [7, 11) is 1.51. The van der Waals surface area contributed by atoms with E-state index in [1.807, 2.05) is 13.8 Å². The minimum Gasteiger partial charge on any atom is -0.407 e. The second kappa shape index (κ2) is 3.93. The standard InChI is InChI=1S/C8H13N3O2/c1-6(2)11-5-7(4-10-11)13-8(12)9-3/h4-6H,1-3H3,(H,9,12). The molecule has 0 aliphatic rings. The van der Waals surface area contributed by atoms with Gasteiger partial charge in [-0.15, -0.1) is 0 Å². The lowest BCUT2D eigenvalue weighted by Gasteiger charge is -2.02. The van der Waals surface area contributed by atoms with Crippen molar-refractivity contribution in [2.45, 2.75) is 19.9 Å². The van der Waals surface area contributed by atoms with E-state index in [-0.39, 0.29) is 6.04 Å². The van der Waals surface area contributed by atoms with Gasteiger partial charge in [-0.3, -0.25) is 4.68 Å². The van der Waals surface area contributed by atoms with E-state index in [0.29, 0.717) is 5.75 Å². The average Bonchev–Trinajstić information content (AvgIpc) is 2.52. The predicted molar refractivity (Wildman–Crippen MR) is 47.7 cm³/mol. The van der Waals surface area contributed by atoms with Gasteiger partial charge in [0.15, 0.2) is 5.75 Å². The Kier molecular flexibility index (Phi) is 2.89. The fraction of sp³-hybridized carbons (Fsp3) is 0.500. The van der Waals surface area contributed by atoms with E-state index in [2.05, 4.69) is 10.4 Å². The molecular weight excluding hydrogens is 170 g/mol. The van der Waals surface area contributed by atoms with Crippen molar-refractivity contribution in [2.24, 2.45) is 0 Å². The maximum absolute atomic E-state index is 10.8. The molecule has 0 fully saturated rings. The van der Waals surface area contributed by atoms with Gasteiger partial charge in [0.2, 0.25) is 0 Å². The lowest BCUT2D eigenvalue weighted by atomic mass is 10.4. The quantitative estimate of drug-likeness (QED) is 0.749. The highest BCUT2D eigenvalue weighted by Crippen LogP contribution is 2.11. The predicted octanol–water partition coefficient (Wildman–Crippen LogP) is 1.18. The molecular formula is C8H13N3O2. The number of amides is 1. The summed E-state index contributed by atoms with van der Waals surface area (Å²) in [6, 6.07) is 0.266. The molecule has 0 aliphatic carbocycles. The Labute approximate surface area is 76.7 Å². The van der Waals surface area contributed by atoms with Crippen molar-refractivity contribution in [3.8, 4) is 5.75 Å². The van der Waals surface area contributed by atoms with Crippen LogP contribution in [0.5, 0.6) is 5.75 Å². The molecule has 0 aromatic carbocycles. The van der Waals surface area contributed by atoms with Gasteiger partial charge in [0.05, 0.1) is 12.4 Å². The molecule has 0 radical (unpaired) electrons. The number of aromatic nitrogens is 2. The summed E-state index contributed by atoms with van der Waals surface area (Å²) in [5.41, 5.74) is 0. The molecule has 0 bridgehead atoms. The third-order valence-corrected chi connectivity index (χ3v) is 1.52. The fourth-order valence-corrected chi connectivity index (χ4v) is 0.814. The summed E-state index contributed by atoms with van der Waals surface area (Å²) in [6.07, 6.45) is 2.71. The Hall–Kier alpha value is -1.52. The smallest absolute Gasteiger partial charge is 0.407 e. The Morgan fingerprint density at radius 3 is 2.85 bits per heavy atom. The molecule has 72 valence electrons. The van der Waals surface area contributed by atoms with Crippen LogP contribution in [0, 0.1) is 0 Å². The van der Waals surface area contributed by atoms with Gasteiger partial charge >= 0.3 is 6.09 Å². The summed E-state index contributed by atoms with van der Waals surface area (Å²) < 4.78 is 6.58. The number of ether oxygens (including phenoxy) is 1. The van der Waals surface area contributed by atoms with Crippen LogP contribution >= 0.6 is 0 Å². The topological polar surface area (TPSA) is 56.1 Å². The molecule has 1 heterocycles. The average molecular weight is 183 g/mol. The van der Waals surface area contributed by atoms with Gasteiger partial charge in [-0.1, -0.05) is 0 Å². The number of nitrogens with zero attached hydrogens (tertiary/aromatic N) is 2. The molecule has 0 aliphatic heterocycles. The largest absolute Gasteiger partial charge is 0.412 e. The van der Waals surface area contributed by atoms with Crippen molar-refractivity contribution in [1.82, 2.24) is 15.1 Å². The molecule has 13 heavy (non-hydrogen) atoms. The summed E-state index contributed by atoms with van der Waals surface area (Å²) in [6.45, 7) is 3.99. The highest BCUT2D eigenvalue weighted by atomic mass is 16.6. The third kappa shape index (κ3) is 2.47. The van der Waals surface area contributed by atoms with Crippen LogP contribution in [-0.2, 0) is 0 Å². The molecule has 1 rings (SSSR count). The highest BCUT2D eigenvalue weighted by molar-refractivity contribution is 5.69. The Morgan fingerprint density at radius 2 is 2.38 bits per heavy atom. The molecule has 1 N–H and O–H groups in total. The molecule has 5 nitrogen and oxygen atoms in total. The van der Waals surface area contributed by atoms with Gasteiger partial charge in [-0.25, -0.2) is 4.79 Å². The zero-order valence-electron chi connectivity index (χ0n) is 7.94. The van der Waals surface area contributed by atoms with Crippen LogP contribution in [0.25, 0.3) is 0 Å². The van der Waals surface area contributed by atoms with E-state index in [1.165, 1.54) is 13.2 Å². The SMILES string of the molecule is CNC(=O)Oc1cnn(C(C)C)c1. The first-order valence-electron chi connectivity index (χ1n) is 4.07. The molecule has 1 aromatic rings. The van der Waals surface area contributed by atoms with Gasteiger partial charge in [0.25, 0.3) is 0 Å². The number of hydrogen-bond acceptors (Lipinski definition) is 3. The summed E-state index contributed by atoms with van der Waals surface area (Å²) in [5.74, 6) is 0.452. The zero-order chi connectivity index (χ0) is 9.84. The van der Waals surface area contributed by atoms with Gasteiger partial charge in [-0.05, 0) is 13.8 Å². The van der Waals surface area contributed by atoms with E-state index in [4.69, 9.17) is 4.74 Å². The van der Waals surface area contributed by atoms with Crippen LogP contribution in [-0.4, -0.2) is 22.9 Å². The van der Waals surface area contributed by atoms with Crippen molar-refractivity contribution in [3.05, 3.63) is 12.4 Å². The Bertz CT molecular complexity index is 293. The van der Waals surface area contributed by atoms with Gasteiger partial charge in [0, 0.05) is 13.1 Å². The number of rotatable bonds is 2. The van der Waals surface area contributed by atoms with Crippen LogP contribution in [0.1, 0.15) is 19.9 Å². The first-order valence-corrected chi connectivity index (χ1v) is 4.07. The lowest BCUT2D eigenvalue weighted by Crippen LogP contribution is -2.21. The third-order valence-electron chi connectivity index (χ3n) is 1.52. The van der Waals surface area contributed by atoms with Crippen LogP contribution in [0.15, 0.2) is 12.4 Å². The van der Waals surface area contributed by atoms with Gasteiger partial charge in [-0.2, -0.15) is 5.10 Å². The first-order chi connectivity index (χ1) is 6.13. The van der Waals surface area contributed by atoms with E-state index in [1.54, 1.807) is 10.9 Å². The normalized spacial score (nSPS) is 10.2. The number of carbonyl (C=O) groups is 1. The van der Waals surface area contributed by atoms with Crippen LogP contribution in [0.4, 0.5) is 4.79 Å². The zero-order valence-corrected chi connectivity index (χ0v) is 7.94. The van der Waals surface area contributed by atoms with Crippen molar-refractivity contribution >= 4 is 6.09 Å². The highest BCUT2D eigenvalue weighted by Gasteiger charge is 2.05. The van der Waals surface area contributed by atoms with Crippen LogP contribution in [0.2, 0.25) is 0 Å². The Balaban J connectivity index is 2.64. The van der Waals surface area contributed by atoms with Gasteiger partial charge in [0.1, 0.15) is 0 Å². The van der Waals surface area contributed by atoms with Gasteiger partial charge < -0.3 is 10.1 Å². The second-order valence-corrected chi connectivity index (χ2v) is 2.89. The van der Waals surface area contributed by atoms with Crippen LogP contribution < -0.4 is 10.1 Å². The van der Waals surface area contributed by atoms with Crippen molar-refractivity contribution in [1.29, 1.82) is 0 Å². The molecule has 0 atom stereocenters. The minimum absolute atomic E-state index is 0.266.